The van der Waals surface area contributed by atoms with Crippen molar-refractivity contribution in [1.29, 1.82) is 0 Å². The molecule has 1 unspecified atom stereocenters. The average Bonchev–Trinajstić information content (AvgIpc) is 2.75. The van der Waals surface area contributed by atoms with Gasteiger partial charge < -0.3 is 5.32 Å². The number of nitrogens with one attached hydrogen (secondary N) is 1. The van der Waals surface area contributed by atoms with Crippen LogP contribution in [0.2, 0.25) is 0 Å². The van der Waals surface area contributed by atoms with Crippen LogP contribution in [-0.2, 0) is 6.54 Å². The Balaban J connectivity index is 0.00000112. The molecule has 15 heavy (non-hydrogen) atoms. The fraction of sp³-hybridized carbons (Fsp3) is 0.667. The minimum Gasteiger partial charge on any atom is -0.315 e. The van der Waals surface area contributed by atoms with E-state index in [0.29, 0.717) is 6.04 Å². The van der Waals surface area contributed by atoms with Crippen molar-refractivity contribution in [1.82, 2.24) is 15.2 Å². The van der Waals surface area contributed by atoms with Crippen LogP contribution in [0.25, 0.3) is 0 Å². The summed E-state index contributed by atoms with van der Waals surface area (Å²) < 4.78 is 1.12. The summed E-state index contributed by atoms with van der Waals surface area (Å²) in [6.45, 7) is 3.22. The summed E-state index contributed by atoms with van der Waals surface area (Å²) in [5, 5.41) is 4.56. The van der Waals surface area contributed by atoms with Crippen molar-refractivity contribution in [2.45, 2.75) is 19.0 Å². The first-order chi connectivity index (χ1) is 6.75. The molecule has 1 aliphatic rings. The lowest BCUT2D eigenvalue weighted by molar-refractivity contribution is 0.248. The molecule has 3 nitrogen and oxygen atoms in total. The maximum atomic E-state index is 4.34. The van der Waals surface area contributed by atoms with Gasteiger partial charge in [0.2, 0.25) is 0 Å². The molecule has 1 N–H and O–H groups in total. The van der Waals surface area contributed by atoms with Crippen molar-refractivity contribution in [2.75, 3.05) is 20.1 Å². The molecule has 2 heterocycles. The fourth-order valence-corrected chi connectivity index (χ4v) is 3.09. The van der Waals surface area contributed by atoms with Gasteiger partial charge in [0, 0.05) is 12.6 Å². The molecular formula is C9H15BrClN3S. The lowest BCUT2D eigenvalue weighted by Crippen LogP contribution is -2.32. The molecule has 0 bridgehead atoms. The van der Waals surface area contributed by atoms with Crippen LogP contribution in [-0.4, -0.2) is 36.1 Å². The molecule has 0 amide bonds. The van der Waals surface area contributed by atoms with Gasteiger partial charge in [0.1, 0.15) is 5.01 Å². The Hall–Kier alpha value is 0.320. The van der Waals surface area contributed by atoms with Crippen LogP contribution in [0.4, 0.5) is 0 Å². The second-order valence-corrected chi connectivity index (χ2v) is 6.11. The van der Waals surface area contributed by atoms with E-state index in [9.17, 15) is 0 Å². The van der Waals surface area contributed by atoms with Gasteiger partial charge in [0.15, 0.2) is 0 Å². The maximum Gasteiger partial charge on any atom is 0.108 e. The van der Waals surface area contributed by atoms with Crippen molar-refractivity contribution in [3.05, 3.63) is 15.0 Å². The summed E-state index contributed by atoms with van der Waals surface area (Å²) >= 11 is 5.15. The number of halogens is 2. The Kier molecular flexibility index (Phi) is 5.49. The van der Waals surface area contributed by atoms with Crippen molar-refractivity contribution >= 4 is 39.7 Å². The highest BCUT2D eigenvalue weighted by Crippen LogP contribution is 2.21. The first-order valence-corrected chi connectivity index (χ1v) is 6.38. The first-order valence-electron chi connectivity index (χ1n) is 4.77. The number of thiazole rings is 1. The zero-order valence-electron chi connectivity index (χ0n) is 8.57. The topological polar surface area (TPSA) is 28.2 Å². The van der Waals surface area contributed by atoms with E-state index in [1.54, 1.807) is 11.3 Å². The third-order valence-corrected chi connectivity index (χ3v) is 4.03. The molecule has 0 saturated carbocycles. The van der Waals surface area contributed by atoms with E-state index in [0.717, 1.165) is 23.4 Å². The van der Waals surface area contributed by atoms with Crippen LogP contribution in [0.15, 0.2) is 9.98 Å². The Labute approximate surface area is 109 Å². The molecule has 6 heteroatoms. The molecule has 2 rings (SSSR count). The highest BCUT2D eigenvalue weighted by Gasteiger charge is 2.19. The molecular weight excluding hydrogens is 298 g/mol. The van der Waals surface area contributed by atoms with Gasteiger partial charge in [0.25, 0.3) is 0 Å². The van der Waals surface area contributed by atoms with Crippen LogP contribution in [0.1, 0.15) is 11.4 Å². The lowest BCUT2D eigenvalue weighted by atomic mass is 10.2. The van der Waals surface area contributed by atoms with Gasteiger partial charge in [-0.1, -0.05) is 0 Å². The third kappa shape index (κ3) is 3.67. The van der Waals surface area contributed by atoms with Gasteiger partial charge in [-0.05, 0) is 35.9 Å². The Morgan fingerprint density at radius 2 is 2.53 bits per heavy atom. The van der Waals surface area contributed by atoms with E-state index in [2.05, 4.69) is 38.2 Å². The molecule has 1 saturated heterocycles. The molecule has 1 aromatic heterocycles. The lowest BCUT2D eigenvalue weighted by Gasteiger charge is -2.21. The van der Waals surface area contributed by atoms with Gasteiger partial charge in [-0.3, -0.25) is 4.90 Å². The zero-order chi connectivity index (χ0) is 9.97. The molecule has 86 valence electrons. The average molecular weight is 313 g/mol. The van der Waals surface area contributed by atoms with Crippen molar-refractivity contribution in [3.63, 3.8) is 0 Å². The summed E-state index contributed by atoms with van der Waals surface area (Å²) in [6.07, 6.45) is 3.13. The number of likely N-dealkylation sites (N-methyl/N-ethyl adjacent to an activating group) is 1. The molecule has 1 fully saturated rings. The molecule has 1 atom stereocenters. The van der Waals surface area contributed by atoms with Crippen LogP contribution in [0.5, 0.6) is 0 Å². The fourth-order valence-electron chi connectivity index (χ4n) is 1.72. The van der Waals surface area contributed by atoms with E-state index in [-0.39, 0.29) is 12.4 Å². The van der Waals surface area contributed by atoms with Crippen molar-refractivity contribution in [3.8, 4) is 0 Å². The van der Waals surface area contributed by atoms with Crippen LogP contribution in [0, 0.1) is 0 Å². The SMILES string of the molecule is CN(Cc1ncc(Br)s1)C1CCNC1.Cl. The summed E-state index contributed by atoms with van der Waals surface area (Å²) in [6, 6.07) is 0.678. The Morgan fingerprint density at radius 1 is 1.73 bits per heavy atom. The largest absolute Gasteiger partial charge is 0.315 e. The van der Waals surface area contributed by atoms with Gasteiger partial charge in [-0.2, -0.15) is 0 Å². The normalized spacial score (nSPS) is 20.6. The molecule has 0 spiro atoms. The summed E-state index contributed by atoms with van der Waals surface area (Å²) in [4.78, 5) is 6.72. The van der Waals surface area contributed by atoms with Crippen molar-refractivity contribution in [2.24, 2.45) is 0 Å². The van der Waals surface area contributed by atoms with Gasteiger partial charge in [0.05, 0.1) is 16.5 Å². The van der Waals surface area contributed by atoms with E-state index in [4.69, 9.17) is 0 Å². The van der Waals surface area contributed by atoms with Gasteiger partial charge in [-0.15, -0.1) is 23.7 Å². The van der Waals surface area contributed by atoms with Crippen LogP contribution >= 0.6 is 39.7 Å². The molecule has 0 radical (unpaired) electrons. The second kappa shape index (κ2) is 6.15. The summed E-state index contributed by atoms with van der Waals surface area (Å²) in [5.41, 5.74) is 0. The van der Waals surface area contributed by atoms with E-state index >= 15 is 0 Å². The quantitative estimate of drug-likeness (QED) is 0.927. The predicted octanol–water partition coefficient (Wildman–Crippen LogP) is 2.12. The summed E-state index contributed by atoms with van der Waals surface area (Å²) in [7, 11) is 2.17. The first kappa shape index (κ1) is 13.4. The number of hydrogen-bond donors (Lipinski definition) is 1. The van der Waals surface area contributed by atoms with E-state index < -0.39 is 0 Å². The Morgan fingerprint density at radius 3 is 3.07 bits per heavy atom. The minimum atomic E-state index is 0. The van der Waals surface area contributed by atoms with Crippen LogP contribution in [0.3, 0.4) is 0 Å². The second-order valence-electron chi connectivity index (χ2n) is 3.62. The third-order valence-electron chi connectivity index (χ3n) is 2.57. The highest BCUT2D eigenvalue weighted by atomic mass is 79.9. The molecule has 0 aromatic carbocycles. The van der Waals surface area contributed by atoms with E-state index in [1.165, 1.54) is 11.4 Å². The monoisotopic (exact) mass is 311 g/mol. The van der Waals surface area contributed by atoms with E-state index in [1.807, 2.05) is 6.20 Å². The van der Waals surface area contributed by atoms with Gasteiger partial charge in [-0.25, -0.2) is 4.98 Å². The molecule has 1 aromatic rings. The summed E-state index contributed by atoms with van der Waals surface area (Å²) in [5.74, 6) is 0. The standard InChI is InChI=1S/C9H14BrN3S.ClH/c1-13(7-2-3-11-4-7)6-9-12-5-8(10)14-9;/h5,7,11H,2-4,6H2,1H3;1H. The zero-order valence-corrected chi connectivity index (χ0v) is 11.8. The smallest absolute Gasteiger partial charge is 0.108 e. The van der Waals surface area contributed by atoms with Crippen molar-refractivity contribution < 1.29 is 0 Å². The number of aromatic nitrogens is 1. The number of hydrogen-bond acceptors (Lipinski definition) is 4. The molecule has 0 aliphatic carbocycles. The number of rotatable bonds is 3. The predicted molar refractivity (Wildman–Crippen MR) is 69.8 cm³/mol. The Bertz CT molecular complexity index is 301. The minimum absolute atomic E-state index is 0. The van der Waals surface area contributed by atoms with Gasteiger partial charge >= 0.3 is 0 Å². The maximum absolute atomic E-state index is 4.34. The highest BCUT2D eigenvalue weighted by molar-refractivity contribution is 9.11. The number of nitrogens with zero attached hydrogens (tertiary/aromatic N) is 2. The van der Waals surface area contributed by atoms with Crippen LogP contribution < -0.4 is 5.32 Å². The molecule has 1 aliphatic heterocycles.